The zero-order chi connectivity index (χ0) is 13.8. The van der Waals surface area contributed by atoms with Gasteiger partial charge in [0.2, 0.25) is 5.91 Å². The molecule has 1 fully saturated rings. The van der Waals surface area contributed by atoms with Crippen LogP contribution in [0.3, 0.4) is 0 Å². The number of amides is 1. The Hall–Kier alpha value is -1.72. The van der Waals surface area contributed by atoms with Crippen LogP contribution in [0.2, 0.25) is 0 Å². The Bertz CT molecular complexity index is 473. The molecule has 1 saturated heterocycles. The van der Waals surface area contributed by atoms with E-state index in [9.17, 15) is 18.0 Å². The van der Waals surface area contributed by atoms with Crippen molar-refractivity contribution in [2.45, 2.75) is 19.3 Å². The molecule has 1 aliphatic heterocycles. The van der Waals surface area contributed by atoms with Gasteiger partial charge in [0.25, 0.3) is 0 Å². The van der Waals surface area contributed by atoms with E-state index in [1.807, 2.05) is 0 Å². The maximum atomic E-state index is 13.3. The number of carbonyl (C=O) groups excluding carboxylic acids is 1. The average Bonchev–Trinajstić information content (AvgIpc) is 2.92. The van der Waals surface area contributed by atoms with Gasteiger partial charge < -0.3 is 10.2 Å². The number of halogens is 3. The summed E-state index contributed by atoms with van der Waals surface area (Å²) in [5.41, 5.74) is -0.131. The van der Waals surface area contributed by atoms with Crippen LogP contribution in [0.1, 0.15) is 19.3 Å². The van der Waals surface area contributed by atoms with Crippen molar-refractivity contribution in [3.8, 4) is 0 Å². The normalized spacial score (nSPS) is 14.8. The first-order chi connectivity index (χ1) is 9.09. The van der Waals surface area contributed by atoms with Crippen molar-refractivity contribution in [2.24, 2.45) is 0 Å². The molecule has 104 valence electrons. The summed E-state index contributed by atoms with van der Waals surface area (Å²) in [5, 5.41) is 2.61. The summed E-state index contributed by atoms with van der Waals surface area (Å²) in [6, 6.07) is 1.97. The largest absolute Gasteiger partial charge is 0.382 e. The van der Waals surface area contributed by atoms with E-state index in [2.05, 4.69) is 5.32 Å². The molecule has 3 nitrogen and oxygen atoms in total. The number of hydrogen-bond acceptors (Lipinski definition) is 2. The lowest BCUT2D eigenvalue weighted by Crippen LogP contribution is -2.29. The molecule has 0 atom stereocenters. The second kappa shape index (κ2) is 5.95. The van der Waals surface area contributed by atoms with E-state index >= 15 is 0 Å². The Kier molecular flexibility index (Phi) is 4.29. The van der Waals surface area contributed by atoms with Gasteiger partial charge in [0.1, 0.15) is 0 Å². The first-order valence-corrected chi connectivity index (χ1v) is 6.24. The highest BCUT2D eigenvalue weighted by Gasteiger charge is 2.18. The van der Waals surface area contributed by atoms with Crippen molar-refractivity contribution in [2.75, 3.05) is 25.0 Å². The topological polar surface area (TPSA) is 32.3 Å². The highest BCUT2D eigenvalue weighted by atomic mass is 19.2. The fourth-order valence-corrected chi connectivity index (χ4v) is 2.09. The predicted octanol–water partition coefficient (Wildman–Crippen LogP) is 2.53. The molecule has 0 spiro atoms. The van der Waals surface area contributed by atoms with Crippen molar-refractivity contribution in [3.63, 3.8) is 0 Å². The van der Waals surface area contributed by atoms with Crippen molar-refractivity contribution in [1.82, 2.24) is 4.90 Å². The number of rotatable bonds is 4. The summed E-state index contributed by atoms with van der Waals surface area (Å²) < 4.78 is 39.0. The minimum Gasteiger partial charge on any atom is -0.382 e. The molecular formula is C13H15F3N2O. The summed E-state index contributed by atoms with van der Waals surface area (Å²) in [4.78, 5) is 13.5. The quantitative estimate of drug-likeness (QED) is 0.854. The van der Waals surface area contributed by atoms with Gasteiger partial charge in [0, 0.05) is 26.1 Å². The van der Waals surface area contributed by atoms with Gasteiger partial charge in [-0.1, -0.05) is 0 Å². The SMILES string of the molecule is O=C(CCNc1ccc(F)c(F)c1F)N1CCCC1. The summed E-state index contributed by atoms with van der Waals surface area (Å²) >= 11 is 0. The van der Waals surface area contributed by atoms with Crippen LogP contribution in [0.4, 0.5) is 18.9 Å². The monoisotopic (exact) mass is 272 g/mol. The van der Waals surface area contributed by atoms with Crippen LogP contribution >= 0.6 is 0 Å². The molecule has 1 amide bonds. The summed E-state index contributed by atoms with van der Waals surface area (Å²) in [7, 11) is 0. The summed E-state index contributed by atoms with van der Waals surface area (Å²) in [6.45, 7) is 1.72. The van der Waals surface area contributed by atoms with E-state index in [-0.39, 0.29) is 24.6 Å². The molecule has 0 bridgehead atoms. The van der Waals surface area contributed by atoms with E-state index in [1.165, 1.54) is 0 Å². The molecule has 1 aromatic rings. The highest BCUT2D eigenvalue weighted by Crippen LogP contribution is 2.19. The maximum Gasteiger partial charge on any atom is 0.224 e. The third kappa shape index (κ3) is 3.19. The molecule has 1 N–H and O–H groups in total. The third-order valence-corrected chi connectivity index (χ3v) is 3.15. The van der Waals surface area contributed by atoms with Crippen LogP contribution in [0.25, 0.3) is 0 Å². The van der Waals surface area contributed by atoms with E-state index in [4.69, 9.17) is 0 Å². The molecule has 0 aromatic heterocycles. The number of likely N-dealkylation sites (tertiary alicyclic amines) is 1. The fraction of sp³-hybridized carbons (Fsp3) is 0.462. The number of nitrogens with zero attached hydrogens (tertiary/aromatic N) is 1. The molecule has 2 rings (SSSR count). The lowest BCUT2D eigenvalue weighted by Gasteiger charge is -2.15. The van der Waals surface area contributed by atoms with Gasteiger partial charge in [-0.05, 0) is 25.0 Å². The van der Waals surface area contributed by atoms with Crippen LogP contribution in [-0.2, 0) is 4.79 Å². The molecule has 0 aliphatic carbocycles. The summed E-state index contributed by atoms with van der Waals surface area (Å²) in [5.74, 6) is -3.99. The summed E-state index contributed by atoms with van der Waals surface area (Å²) in [6.07, 6.45) is 2.23. The second-order valence-electron chi connectivity index (χ2n) is 4.49. The molecule has 1 aliphatic rings. The zero-order valence-electron chi connectivity index (χ0n) is 10.4. The number of anilines is 1. The van der Waals surface area contributed by atoms with Crippen LogP contribution < -0.4 is 5.32 Å². The Morgan fingerprint density at radius 2 is 1.84 bits per heavy atom. The highest BCUT2D eigenvalue weighted by molar-refractivity contribution is 5.77. The molecular weight excluding hydrogens is 257 g/mol. The van der Waals surface area contributed by atoms with Gasteiger partial charge in [0.15, 0.2) is 17.5 Å². The van der Waals surface area contributed by atoms with Gasteiger partial charge in [-0.3, -0.25) is 4.79 Å². The number of hydrogen-bond donors (Lipinski definition) is 1. The van der Waals surface area contributed by atoms with Crippen molar-refractivity contribution >= 4 is 11.6 Å². The Morgan fingerprint density at radius 3 is 2.53 bits per heavy atom. The van der Waals surface area contributed by atoms with Crippen LogP contribution in [0.15, 0.2) is 12.1 Å². The van der Waals surface area contributed by atoms with Gasteiger partial charge >= 0.3 is 0 Å². The second-order valence-corrected chi connectivity index (χ2v) is 4.49. The molecule has 0 unspecified atom stereocenters. The number of carbonyl (C=O) groups is 1. The van der Waals surface area contributed by atoms with Crippen molar-refractivity contribution in [1.29, 1.82) is 0 Å². The van der Waals surface area contributed by atoms with Crippen LogP contribution in [0, 0.1) is 17.5 Å². The van der Waals surface area contributed by atoms with Crippen LogP contribution in [0.5, 0.6) is 0 Å². The number of nitrogens with one attached hydrogen (secondary N) is 1. The molecule has 6 heteroatoms. The lowest BCUT2D eigenvalue weighted by molar-refractivity contribution is -0.129. The zero-order valence-corrected chi connectivity index (χ0v) is 10.4. The van der Waals surface area contributed by atoms with Gasteiger partial charge in [-0.2, -0.15) is 0 Å². The molecule has 0 saturated carbocycles. The molecule has 1 aromatic carbocycles. The molecule has 1 heterocycles. The van der Waals surface area contributed by atoms with E-state index in [1.54, 1.807) is 4.90 Å². The smallest absolute Gasteiger partial charge is 0.224 e. The fourth-order valence-electron chi connectivity index (χ4n) is 2.09. The lowest BCUT2D eigenvalue weighted by atomic mass is 10.2. The van der Waals surface area contributed by atoms with E-state index < -0.39 is 17.5 Å². The standard InChI is InChI=1S/C13H15F3N2O/c14-9-3-4-10(13(16)12(9)15)17-6-5-11(19)18-7-1-2-8-18/h3-4,17H,1-2,5-8H2. The number of benzene rings is 1. The van der Waals surface area contributed by atoms with Gasteiger partial charge in [-0.15, -0.1) is 0 Å². The first-order valence-electron chi connectivity index (χ1n) is 6.24. The van der Waals surface area contributed by atoms with Crippen molar-refractivity contribution in [3.05, 3.63) is 29.6 Å². The molecule has 0 radical (unpaired) electrons. The predicted molar refractivity (Wildman–Crippen MR) is 65.2 cm³/mol. The Labute approximate surface area is 109 Å². The van der Waals surface area contributed by atoms with Gasteiger partial charge in [-0.25, -0.2) is 13.2 Å². The average molecular weight is 272 g/mol. The van der Waals surface area contributed by atoms with E-state index in [0.717, 1.165) is 38.1 Å². The maximum absolute atomic E-state index is 13.3. The third-order valence-electron chi connectivity index (χ3n) is 3.15. The van der Waals surface area contributed by atoms with Crippen LogP contribution in [-0.4, -0.2) is 30.4 Å². The minimum absolute atomic E-state index is 0.00649. The van der Waals surface area contributed by atoms with E-state index in [0.29, 0.717) is 0 Å². The Morgan fingerprint density at radius 1 is 1.16 bits per heavy atom. The minimum atomic E-state index is -1.50. The Balaban J connectivity index is 1.85. The van der Waals surface area contributed by atoms with Crippen molar-refractivity contribution < 1.29 is 18.0 Å². The van der Waals surface area contributed by atoms with Gasteiger partial charge in [0.05, 0.1) is 5.69 Å². The first kappa shape index (κ1) is 13.7. The molecule has 19 heavy (non-hydrogen) atoms.